The monoisotopic (exact) mass is 458 g/mol. The predicted molar refractivity (Wildman–Crippen MR) is 148 cm³/mol. The van der Waals surface area contributed by atoms with Crippen LogP contribution in [0.4, 0.5) is 0 Å². The molecule has 2 aromatic carbocycles. The van der Waals surface area contributed by atoms with E-state index in [2.05, 4.69) is 56.3 Å². The molecule has 0 atom stereocenters. The zero-order valence-electron chi connectivity index (χ0n) is 21.8. The minimum atomic E-state index is 0.967. The lowest BCUT2D eigenvalue weighted by Gasteiger charge is -2.07. The molecule has 3 rings (SSSR count). The zero-order valence-corrected chi connectivity index (χ0v) is 21.8. The predicted octanol–water partition coefficient (Wildman–Crippen LogP) is 9.88. The van der Waals surface area contributed by atoms with Crippen LogP contribution in [-0.4, -0.2) is 9.97 Å². The maximum absolute atomic E-state index is 4.90. The number of aryl methyl sites for hydroxylation is 2. The highest BCUT2D eigenvalue weighted by Crippen LogP contribution is 2.22. The van der Waals surface area contributed by atoms with E-state index in [0.717, 1.165) is 28.7 Å². The van der Waals surface area contributed by atoms with Gasteiger partial charge < -0.3 is 0 Å². The lowest BCUT2D eigenvalue weighted by atomic mass is 10.0. The topological polar surface area (TPSA) is 25.8 Å². The molecular formula is C32H46N2. The summed E-state index contributed by atoms with van der Waals surface area (Å²) in [5, 5.41) is 0. The van der Waals surface area contributed by atoms with E-state index in [-0.39, 0.29) is 0 Å². The number of rotatable bonds is 17. The molecule has 0 amide bonds. The van der Waals surface area contributed by atoms with Gasteiger partial charge in [-0.2, -0.15) is 0 Å². The maximum atomic E-state index is 4.90. The molecule has 1 heterocycles. The molecule has 0 saturated heterocycles. The van der Waals surface area contributed by atoms with E-state index in [9.17, 15) is 0 Å². The summed E-state index contributed by atoms with van der Waals surface area (Å²) in [5.74, 6) is 0. The molecule has 0 spiro atoms. The fourth-order valence-corrected chi connectivity index (χ4v) is 4.77. The van der Waals surface area contributed by atoms with Crippen molar-refractivity contribution in [1.29, 1.82) is 0 Å². The SMILES string of the molecule is CCCCCCCCCCc1ccc2nc(-c3ccc(CCCCCCCC)cc3)cnc2c1. The van der Waals surface area contributed by atoms with Crippen molar-refractivity contribution < 1.29 is 0 Å². The Morgan fingerprint density at radius 1 is 0.529 bits per heavy atom. The van der Waals surface area contributed by atoms with Gasteiger partial charge in [-0.15, -0.1) is 0 Å². The van der Waals surface area contributed by atoms with Gasteiger partial charge in [0.25, 0.3) is 0 Å². The lowest BCUT2D eigenvalue weighted by molar-refractivity contribution is 0.575. The van der Waals surface area contributed by atoms with Crippen LogP contribution >= 0.6 is 0 Å². The summed E-state index contributed by atoms with van der Waals surface area (Å²) < 4.78 is 0. The molecule has 0 bridgehead atoms. The van der Waals surface area contributed by atoms with Crippen molar-refractivity contribution in [3.63, 3.8) is 0 Å². The number of benzene rings is 2. The average molecular weight is 459 g/mol. The fraction of sp³-hybridized carbons (Fsp3) is 0.562. The zero-order chi connectivity index (χ0) is 23.8. The van der Waals surface area contributed by atoms with Gasteiger partial charge in [-0.05, 0) is 48.9 Å². The van der Waals surface area contributed by atoms with Gasteiger partial charge in [0, 0.05) is 5.56 Å². The first-order valence-corrected chi connectivity index (χ1v) is 14.1. The minimum absolute atomic E-state index is 0.967. The third kappa shape index (κ3) is 9.20. The van der Waals surface area contributed by atoms with Crippen LogP contribution in [0.1, 0.15) is 115 Å². The Morgan fingerprint density at radius 2 is 1.06 bits per heavy atom. The number of fused-ring (bicyclic) bond motifs is 1. The molecule has 0 fully saturated rings. The van der Waals surface area contributed by atoms with Gasteiger partial charge in [0.2, 0.25) is 0 Å². The van der Waals surface area contributed by atoms with Crippen LogP contribution in [0, 0.1) is 0 Å². The second-order valence-electron chi connectivity index (χ2n) is 10.0. The summed E-state index contributed by atoms with van der Waals surface area (Å²) in [4.78, 5) is 9.65. The largest absolute Gasteiger partial charge is 0.252 e. The molecule has 0 saturated carbocycles. The Morgan fingerprint density at radius 3 is 1.68 bits per heavy atom. The van der Waals surface area contributed by atoms with Gasteiger partial charge in [0.05, 0.1) is 22.9 Å². The Hall–Kier alpha value is -2.22. The van der Waals surface area contributed by atoms with Crippen LogP contribution in [0.15, 0.2) is 48.7 Å². The molecule has 184 valence electrons. The van der Waals surface area contributed by atoms with Gasteiger partial charge in [0.15, 0.2) is 0 Å². The van der Waals surface area contributed by atoms with E-state index in [1.165, 1.54) is 107 Å². The van der Waals surface area contributed by atoms with Crippen LogP contribution in [0.2, 0.25) is 0 Å². The molecule has 0 aliphatic carbocycles. The summed E-state index contributed by atoms with van der Waals surface area (Å²) in [7, 11) is 0. The van der Waals surface area contributed by atoms with E-state index in [0.29, 0.717) is 0 Å². The Bertz CT molecular complexity index is 945. The number of hydrogen-bond acceptors (Lipinski definition) is 2. The normalized spacial score (nSPS) is 11.4. The molecule has 0 aliphatic heterocycles. The van der Waals surface area contributed by atoms with Crippen molar-refractivity contribution in [3.05, 3.63) is 59.8 Å². The van der Waals surface area contributed by atoms with Crippen molar-refractivity contribution in [3.8, 4) is 11.3 Å². The molecule has 34 heavy (non-hydrogen) atoms. The second-order valence-corrected chi connectivity index (χ2v) is 10.0. The van der Waals surface area contributed by atoms with Crippen LogP contribution in [-0.2, 0) is 12.8 Å². The van der Waals surface area contributed by atoms with Crippen LogP contribution in [0.25, 0.3) is 22.3 Å². The first-order chi connectivity index (χ1) is 16.8. The maximum Gasteiger partial charge on any atom is 0.0894 e. The molecule has 0 N–H and O–H groups in total. The molecule has 0 unspecified atom stereocenters. The number of nitrogens with zero attached hydrogens (tertiary/aromatic N) is 2. The third-order valence-electron chi connectivity index (χ3n) is 6.99. The van der Waals surface area contributed by atoms with E-state index in [1.54, 1.807) is 0 Å². The summed E-state index contributed by atoms with van der Waals surface area (Å²) in [6.07, 6.45) is 23.3. The van der Waals surface area contributed by atoms with Crippen LogP contribution in [0.5, 0.6) is 0 Å². The highest BCUT2D eigenvalue weighted by molar-refractivity contribution is 5.77. The summed E-state index contributed by atoms with van der Waals surface area (Å²) in [6, 6.07) is 15.6. The summed E-state index contributed by atoms with van der Waals surface area (Å²) in [5.41, 5.74) is 6.95. The molecule has 3 aromatic rings. The van der Waals surface area contributed by atoms with E-state index in [4.69, 9.17) is 9.97 Å². The first-order valence-electron chi connectivity index (χ1n) is 14.1. The smallest absolute Gasteiger partial charge is 0.0894 e. The van der Waals surface area contributed by atoms with Crippen molar-refractivity contribution >= 4 is 11.0 Å². The Labute approximate surface area is 208 Å². The van der Waals surface area contributed by atoms with Gasteiger partial charge in [-0.3, -0.25) is 4.98 Å². The van der Waals surface area contributed by atoms with Gasteiger partial charge in [-0.1, -0.05) is 121 Å². The van der Waals surface area contributed by atoms with Crippen LogP contribution in [0.3, 0.4) is 0 Å². The van der Waals surface area contributed by atoms with Crippen LogP contribution < -0.4 is 0 Å². The van der Waals surface area contributed by atoms with Crippen molar-refractivity contribution in [2.24, 2.45) is 0 Å². The number of aromatic nitrogens is 2. The highest BCUT2D eigenvalue weighted by atomic mass is 14.8. The van der Waals surface area contributed by atoms with Crippen molar-refractivity contribution in [1.82, 2.24) is 9.97 Å². The van der Waals surface area contributed by atoms with Gasteiger partial charge in [0.1, 0.15) is 0 Å². The van der Waals surface area contributed by atoms with Gasteiger partial charge >= 0.3 is 0 Å². The highest BCUT2D eigenvalue weighted by Gasteiger charge is 2.05. The van der Waals surface area contributed by atoms with Crippen molar-refractivity contribution in [2.75, 3.05) is 0 Å². The van der Waals surface area contributed by atoms with Crippen molar-refractivity contribution in [2.45, 2.75) is 117 Å². The minimum Gasteiger partial charge on any atom is -0.252 e. The standard InChI is InChI=1S/C32H46N2/c1-3-5-7-9-11-12-14-16-18-28-21-24-30-31(25-28)33-26-32(34-30)29-22-19-27(20-23-29)17-15-13-10-8-6-4-2/h19-26H,3-18H2,1-2H3. The fourth-order valence-electron chi connectivity index (χ4n) is 4.77. The molecule has 0 aliphatic rings. The van der Waals surface area contributed by atoms with E-state index < -0.39 is 0 Å². The Kier molecular flexibility index (Phi) is 12.1. The van der Waals surface area contributed by atoms with E-state index >= 15 is 0 Å². The third-order valence-corrected chi connectivity index (χ3v) is 6.99. The van der Waals surface area contributed by atoms with Gasteiger partial charge in [-0.25, -0.2) is 4.98 Å². The molecule has 1 aromatic heterocycles. The molecule has 0 radical (unpaired) electrons. The average Bonchev–Trinajstić information content (AvgIpc) is 2.88. The van der Waals surface area contributed by atoms with E-state index in [1.807, 2.05) is 6.20 Å². The lowest BCUT2D eigenvalue weighted by Crippen LogP contribution is -1.92. The quantitative estimate of drug-likeness (QED) is 0.188. The molecular weight excluding hydrogens is 412 g/mol. The first kappa shape index (κ1) is 26.4. The number of unbranched alkanes of at least 4 members (excludes halogenated alkanes) is 12. The summed E-state index contributed by atoms with van der Waals surface area (Å²) >= 11 is 0. The second kappa shape index (κ2) is 15.6. The summed E-state index contributed by atoms with van der Waals surface area (Å²) in [6.45, 7) is 4.56. The number of hydrogen-bond donors (Lipinski definition) is 0. The Balaban J connectivity index is 1.46. The molecule has 2 heteroatoms. The molecule has 2 nitrogen and oxygen atoms in total.